The molecule has 3 rings (SSSR count). The number of anilines is 1. The van der Waals surface area contributed by atoms with Gasteiger partial charge in [0.25, 0.3) is 11.8 Å². The van der Waals surface area contributed by atoms with Gasteiger partial charge in [-0.3, -0.25) is 9.59 Å². The molecular weight excluding hydrogens is 295 g/mol. The van der Waals surface area contributed by atoms with Gasteiger partial charge in [-0.15, -0.1) is 0 Å². The lowest BCUT2D eigenvalue weighted by atomic mass is 10.1. The van der Waals surface area contributed by atoms with Crippen LogP contribution < -0.4 is 4.90 Å². The van der Waals surface area contributed by atoms with Crippen molar-refractivity contribution in [3.63, 3.8) is 0 Å². The zero-order valence-corrected chi connectivity index (χ0v) is 11.2. The highest BCUT2D eigenvalue weighted by Gasteiger charge is 2.37. The number of hydrogen-bond acceptors (Lipinski definition) is 3. The number of carbonyl (C=O) groups is 2. The van der Waals surface area contributed by atoms with Crippen molar-refractivity contribution in [1.29, 1.82) is 5.26 Å². The second-order valence-electron chi connectivity index (χ2n) is 4.39. The summed E-state index contributed by atoms with van der Waals surface area (Å²) >= 11 is 5.62. The van der Waals surface area contributed by atoms with E-state index in [0.29, 0.717) is 0 Å². The SMILES string of the molecule is N#Cc1cc(Cl)c(F)cc1N1C(=O)c2ccccc2C1=O. The molecular formula is C15H6ClFN2O2. The summed E-state index contributed by atoms with van der Waals surface area (Å²) in [6.45, 7) is 0. The maximum Gasteiger partial charge on any atom is 0.266 e. The highest BCUT2D eigenvalue weighted by Crippen LogP contribution is 2.33. The Labute approximate surface area is 124 Å². The van der Waals surface area contributed by atoms with Gasteiger partial charge in [0, 0.05) is 6.07 Å². The Morgan fingerprint density at radius 3 is 2.19 bits per heavy atom. The van der Waals surface area contributed by atoms with Gasteiger partial charge in [0.1, 0.15) is 11.9 Å². The van der Waals surface area contributed by atoms with E-state index in [-0.39, 0.29) is 27.4 Å². The predicted molar refractivity (Wildman–Crippen MR) is 73.7 cm³/mol. The Morgan fingerprint density at radius 2 is 1.67 bits per heavy atom. The number of nitriles is 1. The Morgan fingerprint density at radius 1 is 1.10 bits per heavy atom. The van der Waals surface area contributed by atoms with Gasteiger partial charge in [-0.2, -0.15) is 5.26 Å². The van der Waals surface area contributed by atoms with Gasteiger partial charge in [-0.25, -0.2) is 9.29 Å². The van der Waals surface area contributed by atoms with Crippen molar-refractivity contribution in [1.82, 2.24) is 0 Å². The monoisotopic (exact) mass is 300 g/mol. The number of imide groups is 1. The number of benzene rings is 2. The third kappa shape index (κ3) is 1.89. The van der Waals surface area contributed by atoms with Crippen LogP contribution in [0, 0.1) is 17.1 Å². The van der Waals surface area contributed by atoms with E-state index >= 15 is 0 Å². The molecule has 1 heterocycles. The normalized spacial score (nSPS) is 13.3. The largest absolute Gasteiger partial charge is 0.268 e. The molecule has 0 N–H and O–H groups in total. The zero-order valence-electron chi connectivity index (χ0n) is 10.4. The van der Waals surface area contributed by atoms with Gasteiger partial charge in [0.2, 0.25) is 0 Å². The second kappa shape index (κ2) is 4.69. The molecule has 102 valence electrons. The summed E-state index contributed by atoms with van der Waals surface area (Å²) < 4.78 is 13.6. The molecule has 0 bridgehead atoms. The fraction of sp³-hybridized carbons (Fsp3) is 0. The van der Waals surface area contributed by atoms with Crippen LogP contribution in [0.1, 0.15) is 26.3 Å². The molecule has 2 aromatic rings. The van der Waals surface area contributed by atoms with Gasteiger partial charge in [-0.05, 0) is 18.2 Å². The molecule has 2 aromatic carbocycles. The maximum atomic E-state index is 13.6. The first-order valence-electron chi connectivity index (χ1n) is 5.91. The van der Waals surface area contributed by atoms with Gasteiger partial charge in [0.15, 0.2) is 0 Å². The molecule has 1 aliphatic rings. The quantitative estimate of drug-likeness (QED) is 0.760. The van der Waals surface area contributed by atoms with E-state index in [1.165, 1.54) is 12.1 Å². The van der Waals surface area contributed by atoms with Crippen molar-refractivity contribution < 1.29 is 14.0 Å². The lowest BCUT2D eigenvalue weighted by Gasteiger charge is -2.15. The Bertz CT molecular complexity index is 807. The van der Waals surface area contributed by atoms with E-state index in [9.17, 15) is 14.0 Å². The minimum atomic E-state index is -0.803. The first-order chi connectivity index (χ1) is 10.0. The van der Waals surface area contributed by atoms with Crippen molar-refractivity contribution in [2.75, 3.05) is 4.90 Å². The van der Waals surface area contributed by atoms with E-state index in [0.717, 1.165) is 17.0 Å². The zero-order chi connectivity index (χ0) is 15.1. The van der Waals surface area contributed by atoms with Crippen molar-refractivity contribution in [2.45, 2.75) is 0 Å². The van der Waals surface area contributed by atoms with Crippen LogP contribution in [0.25, 0.3) is 0 Å². The van der Waals surface area contributed by atoms with Crippen LogP contribution in [-0.4, -0.2) is 11.8 Å². The molecule has 0 atom stereocenters. The third-order valence-corrected chi connectivity index (χ3v) is 3.48. The van der Waals surface area contributed by atoms with Crippen LogP contribution in [0.2, 0.25) is 5.02 Å². The summed E-state index contributed by atoms with van der Waals surface area (Å²) in [6.07, 6.45) is 0. The molecule has 6 heteroatoms. The summed E-state index contributed by atoms with van der Waals surface area (Å²) in [5.74, 6) is -1.98. The maximum absolute atomic E-state index is 13.6. The summed E-state index contributed by atoms with van der Waals surface area (Å²) in [6, 6.07) is 10.1. The smallest absolute Gasteiger partial charge is 0.266 e. The Kier molecular flexibility index (Phi) is 2.96. The van der Waals surface area contributed by atoms with E-state index in [1.54, 1.807) is 12.1 Å². The van der Waals surface area contributed by atoms with Crippen molar-refractivity contribution in [3.05, 3.63) is 63.9 Å². The number of fused-ring (bicyclic) bond motifs is 1. The highest BCUT2D eigenvalue weighted by atomic mass is 35.5. The molecule has 2 amide bonds. The molecule has 0 saturated heterocycles. The van der Waals surface area contributed by atoms with Crippen molar-refractivity contribution >= 4 is 29.1 Å². The number of hydrogen-bond donors (Lipinski definition) is 0. The Balaban J connectivity index is 2.20. The lowest BCUT2D eigenvalue weighted by molar-refractivity contribution is 0.0926. The number of nitrogens with zero attached hydrogens (tertiary/aromatic N) is 2. The molecule has 4 nitrogen and oxygen atoms in total. The third-order valence-electron chi connectivity index (χ3n) is 3.19. The van der Waals surface area contributed by atoms with Gasteiger partial charge >= 0.3 is 0 Å². The number of amides is 2. The number of rotatable bonds is 1. The number of carbonyl (C=O) groups excluding carboxylic acids is 2. The van der Waals surface area contributed by atoms with E-state index in [1.807, 2.05) is 6.07 Å². The number of halogens is 2. The van der Waals surface area contributed by atoms with Crippen LogP contribution in [0.4, 0.5) is 10.1 Å². The first-order valence-corrected chi connectivity index (χ1v) is 6.29. The minimum Gasteiger partial charge on any atom is -0.268 e. The van der Waals surface area contributed by atoms with Crippen molar-refractivity contribution in [2.24, 2.45) is 0 Å². The topological polar surface area (TPSA) is 61.2 Å². The first kappa shape index (κ1) is 13.3. The van der Waals surface area contributed by atoms with Crippen molar-refractivity contribution in [3.8, 4) is 6.07 Å². The molecule has 0 aliphatic carbocycles. The molecule has 0 unspecified atom stereocenters. The Hall–Kier alpha value is -2.71. The standard InChI is InChI=1S/C15H6ClFN2O2/c16-11-5-8(7-18)13(6-12(11)17)19-14(20)9-3-1-2-4-10(9)15(19)21/h1-6H. The van der Waals surface area contributed by atoms with Gasteiger partial charge in [0.05, 0.1) is 27.4 Å². The van der Waals surface area contributed by atoms with E-state index in [2.05, 4.69) is 0 Å². The van der Waals surface area contributed by atoms with Crippen LogP contribution in [0.5, 0.6) is 0 Å². The van der Waals surface area contributed by atoms with Crippen LogP contribution in [0.3, 0.4) is 0 Å². The molecule has 1 aliphatic heterocycles. The second-order valence-corrected chi connectivity index (χ2v) is 4.79. The van der Waals surface area contributed by atoms with E-state index < -0.39 is 17.6 Å². The van der Waals surface area contributed by atoms with Gasteiger partial charge < -0.3 is 0 Å². The lowest BCUT2D eigenvalue weighted by Crippen LogP contribution is -2.30. The fourth-order valence-electron chi connectivity index (χ4n) is 2.22. The minimum absolute atomic E-state index is 0.0455. The molecule has 0 saturated carbocycles. The molecule has 0 fully saturated rings. The molecule has 0 radical (unpaired) electrons. The summed E-state index contributed by atoms with van der Waals surface area (Å²) in [7, 11) is 0. The van der Waals surface area contributed by atoms with Crippen LogP contribution in [-0.2, 0) is 0 Å². The summed E-state index contributed by atoms with van der Waals surface area (Å²) in [4.78, 5) is 25.4. The summed E-state index contributed by atoms with van der Waals surface area (Å²) in [5.41, 5.74) is 0.296. The van der Waals surface area contributed by atoms with Crippen LogP contribution in [0.15, 0.2) is 36.4 Å². The van der Waals surface area contributed by atoms with Crippen LogP contribution >= 0.6 is 11.6 Å². The highest BCUT2D eigenvalue weighted by molar-refractivity contribution is 6.35. The summed E-state index contributed by atoms with van der Waals surface area (Å²) in [5, 5.41) is 8.86. The average molecular weight is 301 g/mol. The molecule has 0 aromatic heterocycles. The average Bonchev–Trinajstić information content (AvgIpc) is 2.74. The predicted octanol–water partition coefficient (Wildman–Crippen LogP) is 3.15. The fourth-order valence-corrected chi connectivity index (χ4v) is 2.38. The van der Waals surface area contributed by atoms with Gasteiger partial charge in [-0.1, -0.05) is 23.7 Å². The van der Waals surface area contributed by atoms with E-state index in [4.69, 9.17) is 16.9 Å². The molecule has 21 heavy (non-hydrogen) atoms. The molecule has 0 spiro atoms.